The van der Waals surface area contributed by atoms with E-state index in [0.717, 1.165) is 17.6 Å². The zero-order chi connectivity index (χ0) is 19.3. The van der Waals surface area contributed by atoms with Crippen LogP contribution < -0.4 is 15.4 Å². The highest BCUT2D eigenvalue weighted by molar-refractivity contribution is 7.92. The van der Waals surface area contributed by atoms with Crippen LogP contribution in [0.3, 0.4) is 0 Å². The molecule has 1 heterocycles. The number of hydrogen-bond donors (Lipinski definition) is 2. The highest BCUT2D eigenvalue weighted by Gasteiger charge is 2.48. The molecule has 0 saturated carbocycles. The lowest BCUT2D eigenvalue weighted by molar-refractivity contribution is -0.124. The molecule has 2 aromatic carbocycles. The van der Waals surface area contributed by atoms with Gasteiger partial charge in [-0.1, -0.05) is 30.3 Å². The quantitative estimate of drug-likeness (QED) is 0.793. The summed E-state index contributed by atoms with van der Waals surface area (Å²) in [6.45, 7) is 1.28. The van der Waals surface area contributed by atoms with Crippen molar-refractivity contribution in [1.29, 1.82) is 0 Å². The minimum atomic E-state index is -3.52. The van der Waals surface area contributed by atoms with Gasteiger partial charge in [0.05, 0.1) is 0 Å². The number of hydrogen-bond acceptors (Lipinski definition) is 5. The summed E-state index contributed by atoms with van der Waals surface area (Å²) in [6.07, 6.45) is 1.72. The van der Waals surface area contributed by atoms with Crippen molar-refractivity contribution >= 4 is 15.7 Å². The standard InChI is InChI=1S/C20H24N2O4S/c1-27(24,25)20(10-12-21-13-11-20)19(23)22-15-16-6-5-9-18(14-16)26-17-7-3-2-4-8-17/h2-9,14,21H,10-13,15H2,1H3,(H,22,23). The molecule has 1 aliphatic heterocycles. The van der Waals surface area contributed by atoms with Crippen molar-refractivity contribution in [3.05, 3.63) is 60.2 Å². The molecule has 0 atom stereocenters. The van der Waals surface area contributed by atoms with Crippen LogP contribution in [0.5, 0.6) is 11.5 Å². The molecule has 0 unspecified atom stereocenters. The zero-order valence-electron chi connectivity index (χ0n) is 15.3. The first-order chi connectivity index (χ1) is 12.9. The number of piperidine rings is 1. The normalized spacial score (nSPS) is 16.5. The van der Waals surface area contributed by atoms with E-state index in [-0.39, 0.29) is 19.4 Å². The molecule has 0 bridgehead atoms. The molecule has 1 saturated heterocycles. The molecule has 1 amide bonds. The second-order valence-corrected chi connectivity index (χ2v) is 9.09. The molecule has 1 aliphatic rings. The molecule has 144 valence electrons. The first kappa shape index (κ1) is 19.4. The number of nitrogens with one attached hydrogen (secondary N) is 2. The van der Waals surface area contributed by atoms with Crippen molar-refractivity contribution in [2.75, 3.05) is 19.3 Å². The van der Waals surface area contributed by atoms with Gasteiger partial charge in [0.1, 0.15) is 11.5 Å². The summed E-state index contributed by atoms with van der Waals surface area (Å²) >= 11 is 0. The lowest BCUT2D eigenvalue weighted by atomic mass is 9.95. The van der Waals surface area contributed by atoms with Gasteiger partial charge >= 0.3 is 0 Å². The van der Waals surface area contributed by atoms with E-state index >= 15 is 0 Å². The molecule has 7 heteroatoms. The molecule has 2 aromatic rings. The minimum Gasteiger partial charge on any atom is -0.457 e. The summed E-state index contributed by atoms with van der Waals surface area (Å²) < 4.78 is 29.1. The average Bonchev–Trinajstić information content (AvgIpc) is 2.67. The summed E-state index contributed by atoms with van der Waals surface area (Å²) in [5.41, 5.74) is 0.842. The van der Waals surface area contributed by atoms with E-state index in [2.05, 4.69) is 10.6 Å². The first-order valence-corrected chi connectivity index (χ1v) is 10.8. The Labute approximate surface area is 159 Å². The van der Waals surface area contributed by atoms with E-state index in [9.17, 15) is 13.2 Å². The van der Waals surface area contributed by atoms with Crippen molar-refractivity contribution in [2.45, 2.75) is 24.1 Å². The second kappa shape index (κ2) is 8.10. The second-order valence-electron chi connectivity index (χ2n) is 6.76. The summed E-state index contributed by atoms with van der Waals surface area (Å²) in [7, 11) is -3.52. The molecule has 2 N–H and O–H groups in total. The van der Waals surface area contributed by atoms with E-state index in [1.807, 2.05) is 54.6 Å². The van der Waals surface area contributed by atoms with E-state index < -0.39 is 20.5 Å². The molecule has 3 rings (SSSR count). The van der Waals surface area contributed by atoms with Gasteiger partial charge in [-0.25, -0.2) is 8.42 Å². The molecule has 0 aromatic heterocycles. The number of rotatable bonds is 6. The van der Waals surface area contributed by atoms with Gasteiger partial charge in [0.2, 0.25) is 5.91 Å². The maximum Gasteiger partial charge on any atom is 0.241 e. The van der Waals surface area contributed by atoms with Crippen LogP contribution in [0.4, 0.5) is 0 Å². The summed E-state index contributed by atoms with van der Waals surface area (Å²) in [5, 5.41) is 5.92. The van der Waals surface area contributed by atoms with Crippen molar-refractivity contribution in [1.82, 2.24) is 10.6 Å². The molecule has 6 nitrogen and oxygen atoms in total. The van der Waals surface area contributed by atoms with E-state index in [4.69, 9.17) is 4.74 Å². The summed E-state index contributed by atoms with van der Waals surface area (Å²) in [4.78, 5) is 12.8. The summed E-state index contributed by atoms with van der Waals surface area (Å²) in [5.74, 6) is 0.956. The van der Waals surface area contributed by atoms with Crippen LogP contribution in [0.15, 0.2) is 54.6 Å². The Morgan fingerprint density at radius 1 is 1.07 bits per heavy atom. The largest absolute Gasteiger partial charge is 0.457 e. The number of sulfone groups is 1. The third kappa shape index (κ3) is 4.48. The fraction of sp³-hybridized carbons (Fsp3) is 0.350. The molecule has 27 heavy (non-hydrogen) atoms. The van der Waals surface area contributed by atoms with Gasteiger partial charge in [-0.05, 0) is 55.8 Å². The fourth-order valence-electron chi connectivity index (χ4n) is 3.28. The van der Waals surface area contributed by atoms with Crippen LogP contribution in [0, 0.1) is 0 Å². The van der Waals surface area contributed by atoms with Gasteiger partial charge in [0.15, 0.2) is 14.6 Å². The lowest BCUT2D eigenvalue weighted by Crippen LogP contribution is -2.57. The van der Waals surface area contributed by atoms with Gasteiger partial charge in [0, 0.05) is 12.8 Å². The number of para-hydroxylation sites is 1. The van der Waals surface area contributed by atoms with Crippen molar-refractivity contribution in [3.63, 3.8) is 0 Å². The van der Waals surface area contributed by atoms with E-state index in [0.29, 0.717) is 18.8 Å². The average molecular weight is 388 g/mol. The SMILES string of the molecule is CS(=O)(=O)C1(C(=O)NCc2cccc(Oc3ccccc3)c2)CCNCC1. The number of carbonyl (C=O) groups is 1. The van der Waals surface area contributed by atoms with Crippen molar-refractivity contribution in [2.24, 2.45) is 0 Å². The minimum absolute atomic E-state index is 0.246. The highest BCUT2D eigenvalue weighted by Crippen LogP contribution is 2.28. The zero-order valence-corrected chi connectivity index (χ0v) is 16.1. The molecule has 0 aliphatic carbocycles. The van der Waals surface area contributed by atoms with Crippen LogP contribution in [0.2, 0.25) is 0 Å². The molecular weight excluding hydrogens is 364 g/mol. The molecular formula is C20H24N2O4S. The van der Waals surface area contributed by atoms with Gasteiger partial charge in [-0.3, -0.25) is 4.79 Å². The van der Waals surface area contributed by atoms with Crippen LogP contribution in [0.1, 0.15) is 18.4 Å². The van der Waals surface area contributed by atoms with Crippen molar-refractivity contribution < 1.29 is 17.9 Å². The van der Waals surface area contributed by atoms with Crippen LogP contribution >= 0.6 is 0 Å². The number of benzene rings is 2. The van der Waals surface area contributed by atoms with Gasteiger partial charge in [-0.2, -0.15) is 0 Å². The number of amides is 1. The maximum absolute atomic E-state index is 12.8. The Hall–Kier alpha value is -2.38. The van der Waals surface area contributed by atoms with Crippen LogP contribution in [-0.4, -0.2) is 38.4 Å². The third-order valence-corrected chi connectivity index (χ3v) is 6.88. The maximum atomic E-state index is 12.8. The van der Waals surface area contributed by atoms with Crippen molar-refractivity contribution in [3.8, 4) is 11.5 Å². The van der Waals surface area contributed by atoms with E-state index in [1.54, 1.807) is 0 Å². The fourth-order valence-corrected chi connectivity index (χ4v) is 4.64. The molecule has 0 radical (unpaired) electrons. The first-order valence-electron chi connectivity index (χ1n) is 8.91. The Kier molecular flexibility index (Phi) is 5.82. The number of carbonyl (C=O) groups excluding carboxylic acids is 1. The van der Waals surface area contributed by atoms with Crippen LogP contribution in [-0.2, 0) is 21.2 Å². The van der Waals surface area contributed by atoms with Gasteiger partial charge in [0.25, 0.3) is 0 Å². The molecule has 1 fully saturated rings. The lowest BCUT2D eigenvalue weighted by Gasteiger charge is -2.34. The summed E-state index contributed by atoms with van der Waals surface area (Å²) in [6, 6.07) is 16.8. The Balaban J connectivity index is 1.69. The Bertz CT molecular complexity index is 891. The number of ether oxygens (including phenoxy) is 1. The Morgan fingerprint density at radius 2 is 1.74 bits per heavy atom. The highest BCUT2D eigenvalue weighted by atomic mass is 32.2. The molecule has 0 spiro atoms. The Morgan fingerprint density at radius 3 is 2.41 bits per heavy atom. The smallest absolute Gasteiger partial charge is 0.241 e. The predicted molar refractivity (Wildman–Crippen MR) is 104 cm³/mol. The monoisotopic (exact) mass is 388 g/mol. The predicted octanol–water partition coefficient (Wildman–Crippen LogP) is 2.26. The van der Waals surface area contributed by atoms with Crippen LogP contribution in [0.25, 0.3) is 0 Å². The van der Waals surface area contributed by atoms with Gasteiger partial charge in [-0.15, -0.1) is 0 Å². The van der Waals surface area contributed by atoms with E-state index in [1.165, 1.54) is 0 Å². The van der Waals surface area contributed by atoms with Gasteiger partial charge < -0.3 is 15.4 Å². The third-order valence-electron chi connectivity index (χ3n) is 4.87. The topological polar surface area (TPSA) is 84.5 Å².